The fourth-order valence-electron chi connectivity index (χ4n) is 6.89. The molecule has 2 aromatic carbocycles. The first-order chi connectivity index (χ1) is 27.9. The van der Waals surface area contributed by atoms with Gasteiger partial charge in [-0.2, -0.15) is 10.2 Å². The van der Waals surface area contributed by atoms with Crippen molar-refractivity contribution in [2.24, 2.45) is 17.4 Å². The average molecular weight is 795 g/mol. The number of carbonyl (C=O) groups excluding carboxylic acids is 3. The van der Waals surface area contributed by atoms with Crippen LogP contribution in [0.3, 0.4) is 0 Å². The number of aryl methyl sites for hydroxylation is 4. The van der Waals surface area contributed by atoms with Gasteiger partial charge in [-0.3, -0.25) is 29.1 Å². The van der Waals surface area contributed by atoms with Gasteiger partial charge in [-0.1, -0.05) is 12.2 Å². The maximum Gasteiger partial charge on any atom is 0.276 e. The van der Waals surface area contributed by atoms with E-state index < -0.39 is 23.9 Å². The Hall–Kier alpha value is -6.73. The predicted molar refractivity (Wildman–Crippen MR) is 214 cm³/mol. The standard InChI is InChI=1S/C39H46N12O7/c1-6-50-28(12-21(3)46-50)36(54)44-38-42-26-14-24(34(40)52)16-30(56-5)32(26)48(38)10-8-9-11-49-33-27(15-25(35(41)53)17-31(33)58-20-23-18-57-19-23)43-39(49)45-37(55)29-13-22(4)47-51(29)7-2/h8-9,12-17,23,36,54H,6-7,10-11,18-20H2,1-5H3,(H2,40,52)(H2,41,53)(H,42,44)(H,43,45,55)/b9-8+. The highest BCUT2D eigenvalue weighted by Gasteiger charge is 2.25. The molecule has 1 fully saturated rings. The molecule has 3 amide bonds. The second kappa shape index (κ2) is 16.4. The maximum absolute atomic E-state index is 13.7. The van der Waals surface area contributed by atoms with E-state index in [0.29, 0.717) is 83.6 Å². The average Bonchev–Trinajstić information content (AvgIpc) is 3.94. The minimum absolute atomic E-state index is 0.175. The zero-order valence-corrected chi connectivity index (χ0v) is 32.9. The van der Waals surface area contributed by atoms with Crippen LogP contribution in [-0.4, -0.2) is 88.4 Å². The molecular weight excluding hydrogens is 749 g/mol. The van der Waals surface area contributed by atoms with E-state index in [2.05, 4.69) is 20.8 Å². The molecule has 5 heterocycles. The van der Waals surface area contributed by atoms with E-state index in [-0.39, 0.29) is 42.0 Å². The van der Waals surface area contributed by atoms with Crippen molar-refractivity contribution in [1.29, 1.82) is 0 Å². The highest BCUT2D eigenvalue weighted by atomic mass is 16.5. The topological polar surface area (TPSA) is 247 Å². The lowest BCUT2D eigenvalue weighted by Crippen LogP contribution is -2.32. The summed E-state index contributed by atoms with van der Waals surface area (Å²) in [4.78, 5) is 47.8. The first-order valence-corrected chi connectivity index (χ1v) is 18.8. The number of imidazole rings is 2. The molecule has 7 rings (SSSR count). The molecule has 1 unspecified atom stereocenters. The summed E-state index contributed by atoms with van der Waals surface area (Å²) in [5, 5.41) is 26.3. The van der Waals surface area contributed by atoms with E-state index in [9.17, 15) is 19.5 Å². The van der Waals surface area contributed by atoms with Crippen molar-refractivity contribution in [2.75, 3.05) is 37.6 Å². The van der Waals surface area contributed by atoms with Crippen LogP contribution >= 0.6 is 0 Å². The molecule has 6 aromatic rings. The maximum atomic E-state index is 13.7. The normalized spacial score (nSPS) is 13.6. The molecule has 1 atom stereocenters. The SMILES string of the molecule is CCn1nc(C)cc1C(=O)Nc1nc2cc(C(N)=O)cc(OCC3COC3)c2n1C/C=C/Cn1c(NC(O)c2cc(C)nn2CC)nc2cc(C(N)=O)cc(OC)c21. The van der Waals surface area contributed by atoms with Gasteiger partial charge in [0.05, 0.1) is 55.0 Å². The smallest absolute Gasteiger partial charge is 0.276 e. The molecule has 19 nitrogen and oxygen atoms in total. The molecule has 4 aromatic heterocycles. The molecule has 0 aliphatic carbocycles. The number of nitrogens with zero attached hydrogens (tertiary/aromatic N) is 8. The summed E-state index contributed by atoms with van der Waals surface area (Å²) in [5.41, 5.74) is 16.0. The van der Waals surface area contributed by atoms with Crippen molar-refractivity contribution < 1.29 is 33.7 Å². The summed E-state index contributed by atoms with van der Waals surface area (Å²) in [6.07, 6.45) is 2.56. The lowest BCUT2D eigenvalue weighted by molar-refractivity contribution is -0.0506. The van der Waals surface area contributed by atoms with Crippen LogP contribution in [0.5, 0.6) is 11.5 Å². The Morgan fingerprint density at radius 2 is 1.43 bits per heavy atom. The van der Waals surface area contributed by atoms with E-state index in [1.165, 1.54) is 7.11 Å². The van der Waals surface area contributed by atoms with Crippen LogP contribution in [0.1, 0.15) is 68.4 Å². The molecule has 58 heavy (non-hydrogen) atoms. The summed E-state index contributed by atoms with van der Waals surface area (Å²) < 4.78 is 24.2. The second-order valence-electron chi connectivity index (χ2n) is 13.9. The number of aliphatic hydroxyl groups is 1. The minimum atomic E-state index is -1.19. The van der Waals surface area contributed by atoms with Crippen molar-refractivity contribution in [2.45, 2.75) is 60.1 Å². The molecular formula is C39H46N12O7. The van der Waals surface area contributed by atoms with Gasteiger partial charge in [-0.05, 0) is 64.1 Å². The van der Waals surface area contributed by atoms with Crippen LogP contribution in [0.2, 0.25) is 0 Å². The molecule has 0 saturated carbocycles. The number of methoxy groups -OCH3 is 1. The zero-order valence-electron chi connectivity index (χ0n) is 32.9. The van der Waals surface area contributed by atoms with Crippen LogP contribution in [0, 0.1) is 19.8 Å². The first-order valence-electron chi connectivity index (χ1n) is 18.8. The summed E-state index contributed by atoms with van der Waals surface area (Å²) in [7, 11) is 1.48. The van der Waals surface area contributed by atoms with Gasteiger partial charge < -0.3 is 45.2 Å². The van der Waals surface area contributed by atoms with E-state index in [4.69, 9.17) is 35.6 Å². The molecule has 1 aliphatic heterocycles. The van der Waals surface area contributed by atoms with Gasteiger partial charge in [-0.25, -0.2) is 9.97 Å². The van der Waals surface area contributed by atoms with Crippen LogP contribution in [-0.2, 0) is 30.9 Å². The van der Waals surface area contributed by atoms with Gasteiger partial charge in [0, 0.05) is 43.2 Å². The summed E-state index contributed by atoms with van der Waals surface area (Å²) >= 11 is 0. The predicted octanol–water partition coefficient (Wildman–Crippen LogP) is 3.28. The quantitative estimate of drug-likeness (QED) is 0.0660. The fraction of sp³-hybridized carbons (Fsp3) is 0.359. The molecule has 0 bridgehead atoms. The Morgan fingerprint density at radius 1 is 0.862 bits per heavy atom. The van der Waals surface area contributed by atoms with Crippen molar-refractivity contribution in [3.8, 4) is 11.5 Å². The Bertz CT molecular complexity index is 2560. The first kappa shape index (κ1) is 39.5. The van der Waals surface area contributed by atoms with E-state index in [1.54, 1.807) is 54.9 Å². The number of fused-ring (bicyclic) bond motifs is 2. The molecule has 7 N–H and O–H groups in total. The number of aliphatic hydroxyl groups excluding tert-OH is 1. The summed E-state index contributed by atoms with van der Waals surface area (Å²) in [6, 6.07) is 9.72. The zero-order chi connectivity index (χ0) is 41.2. The van der Waals surface area contributed by atoms with Crippen molar-refractivity contribution in [1.82, 2.24) is 38.7 Å². The Morgan fingerprint density at radius 3 is 2.02 bits per heavy atom. The number of nitrogens with one attached hydrogen (secondary N) is 2. The van der Waals surface area contributed by atoms with Gasteiger partial charge in [0.25, 0.3) is 5.91 Å². The number of ether oxygens (including phenoxy) is 3. The van der Waals surface area contributed by atoms with Crippen molar-refractivity contribution in [3.05, 3.63) is 82.5 Å². The van der Waals surface area contributed by atoms with E-state index >= 15 is 0 Å². The number of hydrogen-bond acceptors (Lipinski definition) is 12. The Kier molecular flexibility index (Phi) is 11.2. The molecule has 0 spiro atoms. The number of rotatable bonds is 17. The van der Waals surface area contributed by atoms with Gasteiger partial charge in [0.15, 0.2) is 6.23 Å². The summed E-state index contributed by atoms with van der Waals surface area (Å²) in [6.45, 7) is 10.3. The summed E-state index contributed by atoms with van der Waals surface area (Å²) in [5.74, 6) is -0.354. The van der Waals surface area contributed by atoms with Gasteiger partial charge in [0.2, 0.25) is 23.7 Å². The lowest BCUT2D eigenvalue weighted by Gasteiger charge is -2.26. The Balaban J connectivity index is 1.27. The molecule has 1 saturated heterocycles. The highest BCUT2D eigenvalue weighted by Crippen LogP contribution is 2.34. The molecule has 1 aliphatic rings. The minimum Gasteiger partial charge on any atom is -0.494 e. The number of amides is 3. The third-order valence-electron chi connectivity index (χ3n) is 9.77. The van der Waals surface area contributed by atoms with Crippen LogP contribution in [0.15, 0.2) is 48.6 Å². The Labute approximate surface area is 332 Å². The van der Waals surface area contributed by atoms with E-state index in [1.807, 2.05) is 39.8 Å². The van der Waals surface area contributed by atoms with Crippen LogP contribution < -0.4 is 31.6 Å². The number of hydrogen-bond donors (Lipinski definition) is 5. The van der Waals surface area contributed by atoms with Gasteiger partial charge in [-0.15, -0.1) is 0 Å². The van der Waals surface area contributed by atoms with Gasteiger partial charge >= 0.3 is 0 Å². The monoisotopic (exact) mass is 794 g/mol. The number of benzene rings is 2. The third kappa shape index (κ3) is 7.81. The highest BCUT2D eigenvalue weighted by molar-refractivity contribution is 6.04. The number of primary amides is 2. The largest absolute Gasteiger partial charge is 0.494 e. The third-order valence-corrected chi connectivity index (χ3v) is 9.77. The second-order valence-corrected chi connectivity index (χ2v) is 13.9. The lowest BCUT2D eigenvalue weighted by atomic mass is 10.1. The van der Waals surface area contributed by atoms with E-state index in [0.717, 1.165) is 5.69 Å². The fourth-order valence-corrected chi connectivity index (χ4v) is 6.89. The molecule has 0 radical (unpaired) electrons. The number of carbonyl (C=O) groups is 3. The number of allylic oxidation sites excluding steroid dienone is 2. The molecule has 304 valence electrons. The van der Waals surface area contributed by atoms with Crippen molar-refractivity contribution in [3.63, 3.8) is 0 Å². The van der Waals surface area contributed by atoms with Crippen LogP contribution in [0.4, 0.5) is 11.9 Å². The molecule has 19 heteroatoms. The van der Waals surface area contributed by atoms with Crippen molar-refractivity contribution >= 4 is 51.7 Å². The van der Waals surface area contributed by atoms with Crippen LogP contribution in [0.25, 0.3) is 22.1 Å². The van der Waals surface area contributed by atoms with Gasteiger partial charge in [0.1, 0.15) is 28.2 Å². The number of anilines is 2. The number of nitrogens with two attached hydrogens (primary N) is 2. The number of aromatic nitrogens is 8.